The van der Waals surface area contributed by atoms with E-state index in [-0.39, 0.29) is 25.5 Å². The first-order valence-corrected chi connectivity index (χ1v) is 19.0. The fraction of sp³-hybridized carbons (Fsp3) is 0.526. The molecule has 14 nitrogen and oxygen atoms in total. The quantitative estimate of drug-likeness (QED) is 0.196. The molecule has 282 valence electrons. The van der Waals surface area contributed by atoms with E-state index in [9.17, 15) is 24.3 Å². The van der Waals surface area contributed by atoms with Crippen LogP contribution in [0.4, 0.5) is 9.93 Å². The second-order valence-corrected chi connectivity index (χ2v) is 16.2. The van der Waals surface area contributed by atoms with Crippen molar-refractivity contribution in [1.82, 2.24) is 25.5 Å². The lowest BCUT2D eigenvalue weighted by Crippen LogP contribution is -2.59. The van der Waals surface area contributed by atoms with Crippen molar-refractivity contribution in [3.63, 3.8) is 0 Å². The summed E-state index contributed by atoms with van der Waals surface area (Å²) in [5.74, 6) is -1.47. The number of aliphatic carboxylic acids is 1. The lowest BCUT2D eigenvalue weighted by atomic mass is 9.85. The van der Waals surface area contributed by atoms with E-state index in [2.05, 4.69) is 27.5 Å². The van der Waals surface area contributed by atoms with E-state index in [0.29, 0.717) is 30.2 Å². The molecule has 2 aliphatic heterocycles. The minimum Gasteiger partial charge on any atom is -0.493 e. The van der Waals surface area contributed by atoms with Crippen LogP contribution >= 0.6 is 11.3 Å². The molecule has 3 fully saturated rings. The van der Waals surface area contributed by atoms with Crippen LogP contribution in [0.1, 0.15) is 64.9 Å². The molecule has 0 spiro atoms. The summed E-state index contributed by atoms with van der Waals surface area (Å²) in [7, 11) is 1.80. The molecular formula is C38H46N6O8S. The highest BCUT2D eigenvalue weighted by Gasteiger charge is 2.61. The Balaban J connectivity index is 1.22. The number of benzene rings is 1. The number of nitrogens with one attached hydrogen (secondary N) is 3. The molecule has 1 aromatic carbocycles. The van der Waals surface area contributed by atoms with Gasteiger partial charge in [0.05, 0.1) is 24.4 Å². The van der Waals surface area contributed by atoms with Gasteiger partial charge in [0.2, 0.25) is 11.8 Å². The number of pyridine rings is 1. The van der Waals surface area contributed by atoms with Crippen molar-refractivity contribution in [3.05, 3.63) is 41.8 Å². The number of fused-ring (bicyclic) bond motifs is 3. The monoisotopic (exact) mass is 746 g/mol. The maximum Gasteiger partial charge on any atom is 0.408 e. The number of carbonyl (C=O) groups excluding carboxylic acids is 3. The van der Waals surface area contributed by atoms with Gasteiger partial charge in [-0.05, 0) is 49.7 Å². The molecule has 0 bridgehead atoms. The van der Waals surface area contributed by atoms with Crippen LogP contribution in [0.2, 0.25) is 0 Å². The molecule has 7 rings (SSSR count). The van der Waals surface area contributed by atoms with Crippen molar-refractivity contribution in [3.8, 4) is 22.9 Å². The fourth-order valence-corrected chi connectivity index (χ4v) is 8.34. The molecule has 0 radical (unpaired) electrons. The summed E-state index contributed by atoms with van der Waals surface area (Å²) in [5.41, 5.74) is 0.664. The molecule has 2 saturated carbocycles. The molecule has 3 amide bonds. The zero-order valence-electron chi connectivity index (χ0n) is 30.4. The lowest BCUT2D eigenvalue weighted by Gasteiger charge is -2.35. The molecule has 5 atom stereocenters. The van der Waals surface area contributed by atoms with Gasteiger partial charge < -0.3 is 40.2 Å². The SMILES string of the molecule is C=C[C@@H]1C[C@]1(NC(=O)[C@@H]1C[C@@H](Oc2cc(-c3csc(NC)n3)nc3c4c(ccc23)OCC4)CN1C(=O)[C@@H](NC(=O)OC1CCCC1)C(C)(C)C)C(=O)O. The van der Waals surface area contributed by atoms with Crippen molar-refractivity contribution in [2.24, 2.45) is 11.3 Å². The second-order valence-electron chi connectivity index (χ2n) is 15.4. The van der Waals surface area contributed by atoms with Crippen LogP contribution in [-0.4, -0.2) is 93.9 Å². The van der Waals surface area contributed by atoms with Gasteiger partial charge in [-0.25, -0.2) is 19.6 Å². The summed E-state index contributed by atoms with van der Waals surface area (Å²) in [4.78, 5) is 65.2. The maximum atomic E-state index is 14.6. The summed E-state index contributed by atoms with van der Waals surface area (Å²) < 4.78 is 18.2. The minimum absolute atomic E-state index is 0.00160. The maximum absolute atomic E-state index is 14.6. The van der Waals surface area contributed by atoms with Crippen LogP contribution in [0.3, 0.4) is 0 Å². The Morgan fingerprint density at radius 2 is 1.92 bits per heavy atom. The number of carboxylic acid groups (broad SMARTS) is 1. The first-order chi connectivity index (χ1) is 25.3. The van der Waals surface area contributed by atoms with Crippen LogP contribution < -0.4 is 25.4 Å². The first kappa shape index (κ1) is 36.4. The molecule has 0 unspecified atom stereocenters. The zero-order chi connectivity index (χ0) is 37.7. The van der Waals surface area contributed by atoms with Gasteiger partial charge in [-0.1, -0.05) is 26.8 Å². The van der Waals surface area contributed by atoms with Crippen molar-refractivity contribution in [2.45, 2.75) is 95.5 Å². The van der Waals surface area contributed by atoms with Crippen LogP contribution in [0.5, 0.6) is 11.5 Å². The second kappa shape index (κ2) is 14.1. The summed E-state index contributed by atoms with van der Waals surface area (Å²) in [5, 5.41) is 22.1. The number of thiazole rings is 1. The van der Waals surface area contributed by atoms with Crippen LogP contribution in [0, 0.1) is 11.3 Å². The average molecular weight is 747 g/mol. The standard InChI is InChI=1S/C38H46N6O8S/c1-6-20-17-38(20,34(47)48)43-32(45)27-15-22(18-44(27)33(46)31(37(2,3)4)42-36(49)52-21-9-7-8-10-21)51-29-16-25(26-19-53-35(39-5)41-26)40-30-23(29)11-12-28-24(30)13-14-50-28/h6,11-12,16,19-22,27,31H,1,7-10,13-15,17-18H2,2-5H3,(H,39,41)(H,42,49)(H,43,45)(H,47,48)/t20-,22-,27+,31-,38-/m1/s1. The molecule has 3 aromatic rings. The minimum atomic E-state index is -1.50. The van der Waals surface area contributed by atoms with Crippen molar-refractivity contribution in [2.75, 3.05) is 25.5 Å². The number of alkyl carbamates (subject to hydrolysis) is 1. The summed E-state index contributed by atoms with van der Waals surface area (Å²) in [6.07, 6.45) is 4.38. The molecule has 4 heterocycles. The number of hydrogen-bond donors (Lipinski definition) is 4. The zero-order valence-corrected chi connectivity index (χ0v) is 31.2. The molecule has 1 saturated heterocycles. The number of aromatic nitrogens is 2. The van der Waals surface area contributed by atoms with Crippen LogP contribution in [0.15, 0.2) is 36.2 Å². The van der Waals surface area contributed by atoms with E-state index in [1.807, 2.05) is 44.4 Å². The number of amides is 3. The number of rotatable bonds is 11. The summed E-state index contributed by atoms with van der Waals surface area (Å²) in [6, 6.07) is 3.46. The third-order valence-corrected chi connectivity index (χ3v) is 11.6. The van der Waals surface area contributed by atoms with Gasteiger partial charge in [-0.15, -0.1) is 17.9 Å². The van der Waals surface area contributed by atoms with E-state index in [1.165, 1.54) is 22.3 Å². The van der Waals surface area contributed by atoms with Gasteiger partial charge in [0.25, 0.3) is 0 Å². The smallest absolute Gasteiger partial charge is 0.408 e. The number of nitrogens with zero attached hydrogens (tertiary/aromatic N) is 3. The number of anilines is 1. The first-order valence-electron chi connectivity index (χ1n) is 18.2. The summed E-state index contributed by atoms with van der Waals surface area (Å²) >= 11 is 1.45. The third-order valence-electron chi connectivity index (χ3n) is 10.7. The lowest BCUT2D eigenvalue weighted by molar-refractivity contribution is -0.146. The van der Waals surface area contributed by atoms with E-state index >= 15 is 0 Å². The van der Waals surface area contributed by atoms with Crippen molar-refractivity contribution in [1.29, 1.82) is 0 Å². The number of carboxylic acids is 1. The highest BCUT2D eigenvalue weighted by molar-refractivity contribution is 7.14. The topological polar surface area (TPSA) is 181 Å². The van der Waals surface area contributed by atoms with Gasteiger partial charge in [0, 0.05) is 48.2 Å². The Morgan fingerprint density at radius 3 is 2.58 bits per heavy atom. The number of carbonyl (C=O) groups is 4. The Hall–Kier alpha value is -4.92. The highest BCUT2D eigenvalue weighted by atomic mass is 32.1. The van der Waals surface area contributed by atoms with Crippen LogP contribution in [0.25, 0.3) is 22.3 Å². The molecule has 53 heavy (non-hydrogen) atoms. The van der Waals surface area contributed by atoms with Gasteiger partial charge in [-0.3, -0.25) is 9.59 Å². The third kappa shape index (κ3) is 7.10. The molecule has 4 N–H and O–H groups in total. The molecule has 2 aromatic heterocycles. The van der Waals surface area contributed by atoms with Crippen LogP contribution in [-0.2, 0) is 25.5 Å². The van der Waals surface area contributed by atoms with Gasteiger partial charge in [-0.2, -0.15) is 0 Å². The van der Waals surface area contributed by atoms with E-state index in [1.54, 1.807) is 7.05 Å². The van der Waals surface area contributed by atoms with E-state index in [0.717, 1.165) is 53.0 Å². The molecular weight excluding hydrogens is 701 g/mol. The largest absolute Gasteiger partial charge is 0.493 e. The predicted molar refractivity (Wildman–Crippen MR) is 198 cm³/mol. The van der Waals surface area contributed by atoms with Gasteiger partial charge in [0.15, 0.2) is 5.13 Å². The Bertz CT molecular complexity index is 1950. The molecule has 2 aliphatic carbocycles. The van der Waals surface area contributed by atoms with Crippen molar-refractivity contribution < 1.29 is 38.5 Å². The number of hydrogen-bond acceptors (Lipinski definition) is 11. The fourth-order valence-electron chi connectivity index (χ4n) is 7.67. The summed E-state index contributed by atoms with van der Waals surface area (Å²) in [6.45, 7) is 9.75. The Labute approximate surface area is 311 Å². The normalized spacial score (nSPS) is 24.2. The molecule has 4 aliphatic rings. The van der Waals surface area contributed by atoms with E-state index in [4.69, 9.17) is 19.2 Å². The van der Waals surface area contributed by atoms with Crippen molar-refractivity contribution >= 4 is 51.2 Å². The predicted octanol–water partition coefficient (Wildman–Crippen LogP) is 4.91. The van der Waals surface area contributed by atoms with E-state index < -0.39 is 58.9 Å². The van der Waals surface area contributed by atoms with Gasteiger partial charge in [0.1, 0.15) is 47.0 Å². The number of likely N-dealkylation sites (tertiary alicyclic amines) is 1. The van der Waals surface area contributed by atoms with Gasteiger partial charge >= 0.3 is 12.1 Å². The average Bonchev–Trinajstić information content (AvgIpc) is 3.74. The Kier molecular flexibility index (Phi) is 9.72. The highest BCUT2D eigenvalue weighted by Crippen LogP contribution is 2.45. The number of ether oxygens (including phenoxy) is 3. The molecule has 15 heteroatoms. The Morgan fingerprint density at radius 1 is 1.15 bits per heavy atom.